The molecule has 1 aromatic rings. The van der Waals surface area contributed by atoms with E-state index in [1.54, 1.807) is 17.0 Å². The van der Waals surface area contributed by atoms with Gasteiger partial charge in [-0.3, -0.25) is 9.59 Å². The van der Waals surface area contributed by atoms with Crippen molar-refractivity contribution in [2.75, 3.05) is 31.6 Å². The molecular weight excluding hydrogens is 350 g/mol. The van der Waals surface area contributed by atoms with Gasteiger partial charge in [-0.05, 0) is 43.3 Å². The summed E-state index contributed by atoms with van der Waals surface area (Å²) in [7, 11) is 0. The van der Waals surface area contributed by atoms with Crippen LogP contribution in [0.3, 0.4) is 0 Å². The van der Waals surface area contributed by atoms with Crippen LogP contribution >= 0.6 is 12.2 Å². The normalized spacial score (nSPS) is 18.2. The Morgan fingerprint density at radius 3 is 2.58 bits per heavy atom. The predicted octanol–water partition coefficient (Wildman–Crippen LogP) is 2.55. The molecule has 1 saturated carbocycles. The lowest BCUT2D eigenvalue weighted by Gasteiger charge is -2.27. The molecule has 1 aliphatic heterocycles. The number of nitrogens with one attached hydrogen (secondary N) is 2. The SMILES string of the molecule is O=C(NC(=S)Nc1cccc(C(=O)N2CCOCC2)c1)C1CCCCC1. The Bertz CT molecular complexity index is 668. The molecule has 2 N–H and O–H groups in total. The summed E-state index contributed by atoms with van der Waals surface area (Å²) in [6.07, 6.45) is 5.26. The second-order valence-corrected chi connectivity index (χ2v) is 7.17. The number of benzene rings is 1. The first-order chi connectivity index (χ1) is 12.6. The Hall–Kier alpha value is -1.99. The van der Waals surface area contributed by atoms with Gasteiger partial charge in [-0.15, -0.1) is 0 Å². The number of hydrogen-bond donors (Lipinski definition) is 2. The number of anilines is 1. The van der Waals surface area contributed by atoms with Gasteiger partial charge in [-0.2, -0.15) is 0 Å². The van der Waals surface area contributed by atoms with Gasteiger partial charge in [0.2, 0.25) is 5.91 Å². The zero-order valence-corrected chi connectivity index (χ0v) is 15.6. The summed E-state index contributed by atoms with van der Waals surface area (Å²) >= 11 is 5.26. The molecule has 6 nitrogen and oxygen atoms in total. The Morgan fingerprint density at radius 1 is 1.12 bits per heavy atom. The minimum absolute atomic E-state index is 0.0113. The quantitative estimate of drug-likeness (QED) is 0.795. The van der Waals surface area contributed by atoms with E-state index in [1.165, 1.54) is 6.42 Å². The van der Waals surface area contributed by atoms with Crippen molar-refractivity contribution in [3.63, 3.8) is 0 Å². The van der Waals surface area contributed by atoms with Gasteiger partial charge < -0.3 is 20.3 Å². The van der Waals surface area contributed by atoms with E-state index in [9.17, 15) is 9.59 Å². The van der Waals surface area contributed by atoms with Gasteiger partial charge >= 0.3 is 0 Å². The number of morpholine rings is 1. The van der Waals surface area contributed by atoms with E-state index < -0.39 is 0 Å². The number of carbonyl (C=O) groups is 2. The lowest BCUT2D eigenvalue weighted by atomic mass is 9.89. The van der Waals surface area contributed by atoms with Crippen molar-refractivity contribution in [1.29, 1.82) is 0 Å². The second-order valence-electron chi connectivity index (χ2n) is 6.76. The van der Waals surface area contributed by atoms with Crippen molar-refractivity contribution in [3.05, 3.63) is 29.8 Å². The first-order valence-electron chi connectivity index (χ1n) is 9.22. The summed E-state index contributed by atoms with van der Waals surface area (Å²) in [5.41, 5.74) is 1.29. The third kappa shape index (κ3) is 5.02. The number of hydrogen-bond acceptors (Lipinski definition) is 4. The van der Waals surface area contributed by atoms with E-state index in [-0.39, 0.29) is 22.8 Å². The van der Waals surface area contributed by atoms with Crippen molar-refractivity contribution >= 4 is 34.8 Å². The molecule has 26 heavy (non-hydrogen) atoms. The molecule has 3 rings (SSSR count). The summed E-state index contributed by atoms with van der Waals surface area (Å²) in [6.45, 7) is 2.35. The Balaban J connectivity index is 1.56. The highest BCUT2D eigenvalue weighted by molar-refractivity contribution is 7.80. The molecule has 0 radical (unpaired) electrons. The van der Waals surface area contributed by atoms with E-state index in [1.807, 2.05) is 12.1 Å². The van der Waals surface area contributed by atoms with E-state index >= 15 is 0 Å². The molecule has 2 aliphatic rings. The molecule has 2 fully saturated rings. The summed E-state index contributed by atoms with van der Waals surface area (Å²) in [5, 5.41) is 6.07. The van der Waals surface area contributed by atoms with Gasteiger partial charge in [0.15, 0.2) is 5.11 Å². The Kier molecular flexibility index (Phi) is 6.57. The lowest BCUT2D eigenvalue weighted by Crippen LogP contribution is -2.40. The van der Waals surface area contributed by atoms with Crippen molar-refractivity contribution in [2.24, 2.45) is 5.92 Å². The summed E-state index contributed by atoms with van der Waals surface area (Å²) in [6, 6.07) is 7.18. The zero-order valence-electron chi connectivity index (χ0n) is 14.8. The lowest BCUT2D eigenvalue weighted by molar-refractivity contribution is -0.124. The van der Waals surface area contributed by atoms with Gasteiger partial charge in [0.25, 0.3) is 5.91 Å². The minimum Gasteiger partial charge on any atom is -0.378 e. The number of carbonyl (C=O) groups excluding carboxylic acids is 2. The maximum Gasteiger partial charge on any atom is 0.254 e. The fourth-order valence-corrected chi connectivity index (χ4v) is 3.64. The highest BCUT2D eigenvalue weighted by atomic mass is 32.1. The molecule has 7 heteroatoms. The van der Waals surface area contributed by atoms with Gasteiger partial charge in [-0.25, -0.2) is 0 Å². The predicted molar refractivity (Wildman–Crippen MR) is 104 cm³/mol. The average molecular weight is 375 g/mol. The summed E-state index contributed by atoms with van der Waals surface area (Å²) in [5.74, 6) is 0.0228. The number of amides is 2. The molecule has 1 aliphatic carbocycles. The van der Waals surface area contributed by atoms with Crippen LogP contribution in [0.25, 0.3) is 0 Å². The standard InChI is InChI=1S/C19H25N3O3S/c23-17(14-5-2-1-3-6-14)21-19(26)20-16-8-4-7-15(13-16)18(24)22-9-11-25-12-10-22/h4,7-8,13-14H,1-3,5-6,9-12H2,(H2,20,21,23,26). The fourth-order valence-electron chi connectivity index (χ4n) is 3.42. The maximum atomic E-state index is 12.6. The average Bonchev–Trinajstić information content (AvgIpc) is 2.69. The largest absolute Gasteiger partial charge is 0.378 e. The topological polar surface area (TPSA) is 70.7 Å². The van der Waals surface area contributed by atoms with Crippen LogP contribution in [0.15, 0.2) is 24.3 Å². The molecule has 1 heterocycles. The van der Waals surface area contributed by atoms with E-state index in [0.717, 1.165) is 25.7 Å². The molecular formula is C19H25N3O3S. The van der Waals surface area contributed by atoms with Crippen LogP contribution < -0.4 is 10.6 Å². The van der Waals surface area contributed by atoms with E-state index in [0.29, 0.717) is 37.6 Å². The van der Waals surface area contributed by atoms with Crippen LogP contribution in [0.5, 0.6) is 0 Å². The van der Waals surface area contributed by atoms with Gasteiger partial charge in [0.1, 0.15) is 0 Å². The van der Waals surface area contributed by atoms with Crippen LogP contribution in [-0.2, 0) is 9.53 Å². The highest BCUT2D eigenvalue weighted by Gasteiger charge is 2.22. The van der Waals surface area contributed by atoms with Gasteiger partial charge in [0, 0.05) is 30.3 Å². The second kappa shape index (κ2) is 9.09. The Morgan fingerprint density at radius 2 is 1.85 bits per heavy atom. The van der Waals surface area contributed by atoms with Gasteiger partial charge in [0.05, 0.1) is 13.2 Å². The summed E-state index contributed by atoms with van der Waals surface area (Å²) < 4.78 is 5.29. The molecule has 0 aromatic heterocycles. The number of ether oxygens (including phenoxy) is 1. The van der Waals surface area contributed by atoms with Crippen molar-refractivity contribution in [2.45, 2.75) is 32.1 Å². The fraction of sp³-hybridized carbons (Fsp3) is 0.526. The zero-order chi connectivity index (χ0) is 18.4. The third-order valence-corrected chi connectivity index (χ3v) is 5.08. The van der Waals surface area contributed by atoms with Crippen molar-refractivity contribution in [1.82, 2.24) is 10.2 Å². The van der Waals surface area contributed by atoms with Crippen molar-refractivity contribution < 1.29 is 14.3 Å². The first-order valence-corrected chi connectivity index (χ1v) is 9.63. The number of nitrogens with zero attached hydrogens (tertiary/aromatic N) is 1. The molecule has 0 spiro atoms. The molecule has 1 saturated heterocycles. The van der Waals surface area contributed by atoms with Crippen LogP contribution in [0.4, 0.5) is 5.69 Å². The first kappa shape index (κ1) is 18.8. The highest BCUT2D eigenvalue weighted by Crippen LogP contribution is 2.23. The van der Waals surface area contributed by atoms with Crippen LogP contribution in [-0.4, -0.2) is 48.1 Å². The van der Waals surface area contributed by atoms with Crippen LogP contribution in [0.2, 0.25) is 0 Å². The monoisotopic (exact) mass is 375 g/mol. The molecule has 0 atom stereocenters. The maximum absolute atomic E-state index is 12.6. The number of thiocarbonyl (C=S) groups is 1. The molecule has 140 valence electrons. The van der Waals surface area contributed by atoms with Crippen LogP contribution in [0.1, 0.15) is 42.5 Å². The molecule has 0 unspecified atom stereocenters. The smallest absolute Gasteiger partial charge is 0.254 e. The number of rotatable bonds is 3. The third-order valence-electron chi connectivity index (χ3n) is 4.88. The van der Waals surface area contributed by atoms with E-state index in [2.05, 4.69) is 10.6 Å². The van der Waals surface area contributed by atoms with Gasteiger partial charge in [-0.1, -0.05) is 25.3 Å². The van der Waals surface area contributed by atoms with E-state index in [4.69, 9.17) is 17.0 Å². The summed E-state index contributed by atoms with van der Waals surface area (Å²) in [4.78, 5) is 26.6. The molecule has 0 bridgehead atoms. The van der Waals surface area contributed by atoms with Crippen molar-refractivity contribution in [3.8, 4) is 0 Å². The Labute approximate surface area is 159 Å². The molecule has 1 aromatic carbocycles. The van der Waals surface area contributed by atoms with Crippen LogP contribution in [0, 0.1) is 5.92 Å². The molecule has 2 amide bonds. The minimum atomic E-state index is -0.0193.